The number of aliphatic hydroxyl groups is 1. The van der Waals surface area contributed by atoms with E-state index in [9.17, 15) is 5.11 Å². The molecule has 1 fully saturated rings. The maximum Gasteiger partial charge on any atom is 0.183 e. The molecule has 0 unspecified atom stereocenters. The molecular weight excluding hydrogens is 250 g/mol. The summed E-state index contributed by atoms with van der Waals surface area (Å²) in [5.74, 6) is 0. The van der Waals surface area contributed by atoms with E-state index in [1.807, 2.05) is 6.92 Å². The van der Waals surface area contributed by atoms with Gasteiger partial charge in [0.1, 0.15) is 0 Å². The van der Waals surface area contributed by atoms with Crippen molar-refractivity contribution in [3.63, 3.8) is 0 Å². The van der Waals surface area contributed by atoms with Crippen LogP contribution in [0.15, 0.2) is 0 Å². The van der Waals surface area contributed by atoms with Crippen molar-refractivity contribution in [3.8, 4) is 0 Å². The fourth-order valence-corrected chi connectivity index (χ4v) is 2.72. The van der Waals surface area contributed by atoms with Gasteiger partial charge in [-0.3, -0.25) is 4.90 Å². The van der Waals surface area contributed by atoms with Gasteiger partial charge in [-0.2, -0.15) is 0 Å². The molecule has 0 bridgehead atoms. The first-order valence-corrected chi connectivity index (χ1v) is 7.13. The second kappa shape index (κ2) is 6.47. The summed E-state index contributed by atoms with van der Waals surface area (Å²) in [6.07, 6.45) is -0.368. The number of nitrogens with one attached hydrogen (secondary N) is 1. The summed E-state index contributed by atoms with van der Waals surface area (Å²) < 4.78 is 5.28. The zero-order valence-corrected chi connectivity index (χ0v) is 11.8. The smallest absolute Gasteiger partial charge is 0.183 e. The predicted octanol–water partition coefficient (Wildman–Crippen LogP) is 0.865. The van der Waals surface area contributed by atoms with Crippen LogP contribution in [0.5, 0.6) is 0 Å². The van der Waals surface area contributed by atoms with Crippen molar-refractivity contribution in [3.05, 3.63) is 10.6 Å². The fraction of sp³-hybridized carbons (Fsp3) is 0.750. The second-order valence-electron chi connectivity index (χ2n) is 4.61. The molecule has 6 heteroatoms. The lowest BCUT2D eigenvalue weighted by atomic mass is 10.3. The standard InChI is InChI=1S/C12H21N3O2S/c1-9-10(2)18-12(14-9)13-7-11(16)8-15-3-5-17-6-4-15/h11,16H,3-8H2,1-2H3,(H,13,14)/t11-/m1/s1. The Bertz CT molecular complexity index is 358. The SMILES string of the molecule is Cc1nc(NC[C@@H](O)CN2CCOCC2)sc1C. The highest BCUT2D eigenvalue weighted by atomic mass is 32.1. The number of anilines is 1. The van der Waals surface area contributed by atoms with E-state index in [1.54, 1.807) is 11.3 Å². The van der Waals surface area contributed by atoms with Crippen molar-refractivity contribution in [2.24, 2.45) is 0 Å². The van der Waals surface area contributed by atoms with Gasteiger partial charge in [-0.15, -0.1) is 11.3 Å². The molecule has 2 N–H and O–H groups in total. The zero-order valence-electron chi connectivity index (χ0n) is 11.0. The van der Waals surface area contributed by atoms with Crippen molar-refractivity contribution < 1.29 is 9.84 Å². The zero-order chi connectivity index (χ0) is 13.0. The number of β-amino-alcohol motifs (C(OH)–C–C–N with tert-alkyl or cyclic N) is 1. The summed E-state index contributed by atoms with van der Waals surface area (Å²) in [6.45, 7) is 8.65. The number of ether oxygens (including phenoxy) is 1. The van der Waals surface area contributed by atoms with E-state index < -0.39 is 0 Å². The second-order valence-corrected chi connectivity index (χ2v) is 5.81. The number of morpholine rings is 1. The van der Waals surface area contributed by atoms with Crippen LogP contribution in [0.4, 0.5) is 5.13 Å². The van der Waals surface area contributed by atoms with Crippen LogP contribution >= 0.6 is 11.3 Å². The molecule has 18 heavy (non-hydrogen) atoms. The molecule has 2 heterocycles. The third-order valence-electron chi connectivity index (χ3n) is 3.09. The molecule has 5 nitrogen and oxygen atoms in total. The van der Waals surface area contributed by atoms with E-state index in [2.05, 4.69) is 22.1 Å². The Hall–Kier alpha value is -0.690. The average molecular weight is 271 g/mol. The number of aliphatic hydroxyl groups excluding tert-OH is 1. The predicted molar refractivity (Wildman–Crippen MR) is 73.3 cm³/mol. The van der Waals surface area contributed by atoms with Gasteiger partial charge in [0.25, 0.3) is 0 Å². The van der Waals surface area contributed by atoms with Crippen LogP contribution in [0, 0.1) is 13.8 Å². The minimum Gasteiger partial charge on any atom is -0.390 e. The Morgan fingerprint density at radius 1 is 1.44 bits per heavy atom. The quantitative estimate of drug-likeness (QED) is 0.832. The molecular formula is C12H21N3O2S. The minimum atomic E-state index is -0.368. The molecule has 1 aliphatic rings. The molecule has 0 amide bonds. The molecule has 1 aromatic heterocycles. The van der Waals surface area contributed by atoms with Crippen LogP contribution in [0.25, 0.3) is 0 Å². The molecule has 1 saturated heterocycles. The van der Waals surface area contributed by atoms with Gasteiger partial charge in [0, 0.05) is 31.1 Å². The third kappa shape index (κ3) is 3.91. The molecule has 0 radical (unpaired) electrons. The Morgan fingerprint density at radius 3 is 2.78 bits per heavy atom. The molecule has 1 aromatic rings. The number of thiazole rings is 1. The van der Waals surface area contributed by atoms with Gasteiger partial charge >= 0.3 is 0 Å². The van der Waals surface area contributed by atoms with Gasteiger partial charge in [0.15, 0.2) is 5.13 Å². The number of hydrogen-bond acceptors (Lipinski definition) is 6. The normalized spacial score (nSPS) is 18.8. The molecule has 1 aliphatic heterocycles. The van der Waals surface area contributed by atoms with Crippen molar-refractivity contribution in [1.82, 2.24) is 9.88 Å². The molecule has 0 aliphatic carbocycles. The fourth-order valence-electron chi connectivity index (χ4n) is 1.90. The van der Waals surface area contributed by atoms with Crippen LogP contribution in [0.1, 0.15) is 10.6 Å². The Balaban J connectivity index is 1.72. The molecule has 102 valence electrons. The van der Waals surface area contributed by atoms with Crippen molar-refractivity contribution in [2.75, 3.05) is 44.7 Å². The Morgan fingerprint density at radius 2 is 2.17 bits per heavy atom. The van der Waals surface area contributed by atoms with Gasteiger partial charge in [0.05, 0.1) is 25.0 Å². The molecule has 2 rings (SSSR count). The number of rotatable bonds is 5. The Kier molecular flexibility index (Phi) is 4.94. The average Bonchev–Trinajstić information content (AvgIpc) is 2.68. The summed E-state index contributed by atoms with van der Waals surface area (Å²) in [4.78, 5) is 7.84. The van der Waals surface area contributed by atoms with Gasteiger partial charge in [-0.1, -0.05) is 0 Å². The maximum absolute atomic E-state index is 9.97. The highest BCUT2D eigenvalue weighted by Crippen LogP contribution is 2.20. The van der Waals surface area contributed by atoms with Crippen LogP contribution in [0.3, 0.4) is 0 Å². The minimum absolute atomic E-state index is 0.368. The van der Waals surface area contributed by atoms with E-state index in [0.29, 0.717) is 13.1 Å². The van der Waals surface area contributed by atoms with E-state index in [-0.39, 0.29) is 6.10 Å². The summed E-state index contributed by atoms with van der Waals surface area (Å²) in [7, 11) is 0. The summed E-state index contributed by atoms with van der Waals surface area (Å²) in [5.41, 5.74) is 1.06. The first-order chi connectivity index (χ1) is 8.65. The van der Waals surface area contributed by atoms with Gasteiger partial charge in [0.2, 0.25) is 0 Å². The van der Waals surface area contributed by atoms with Gasteiger partial charge in [-0.05, 0) is 13.8 Å². The van der Waals surface area contributed by atoms with E-state index >= 15 is 0 Å². The summed E-state index contributed by atoms with van der Waals surface area (Å²) in [5, 5.41) is 14.1. The largest absolute Gasteiger partial charge is 0.390 e. The number of nitrogens with zero attached hydrogens (tertiary/aromatic N) is 2. The number of hydrogen-bond donors (Lipinski definition) is 2. The molecule has 0 aromatic carbocycles. The lowest BCUT2D eigenvalue weighted by Crippen LogP contribution is -2.42. The van der Waals surface area contributed by atoms with Crippen molar-refractivity contribution in [2.45, 2.75) is 20.0 Å². The first kappa shape index (κ1) is 13.7. The topological polar surface area (TPSA) is 57.6 Å². The molecule has 0 spiro atoms. The van der Waals surface area contributed by atoms with E-state index in [1.165, 1.54) is 4.88 Å². The van der Waals surface area contributed by atoms with Gasteiger partial charge in [-0.25, -0.2) is 4.98 Å². The lowest BCUT2D eigenvalue weighted by molar-refractivity contribution is 0.0171. The van der Waals surface area contributed by atoms with Crippen LogP contribution in [0.2, 0.25) is 0 Å². The highest BCUT2D eigenvalue weighted by molar-refractivity contribution is 7.15. The Labute approximate surface area is 112 Å². The summed E-state index contributed by atoms with van der Waals surface area (Å²) >= 11 is 1.64. The monoisotopic (exact) mass is 271 g/mol. The van der Waals surface area contributed by atoms with Crippen molar-refractivity contribution in [1.29, 1.82) is 0 Å². The van der Waals surface area contributed by atoms with Crippen molar-refractivity contribution >= 4 is 16.5 Å². The van der Waals surface area contributed by atoms with Crippen LogP contribution < -0.4 is 5.32 Å². The molecule has 1 atom stereocenters. The first-order valence-electron chi connectivity index (χ1n) is 6.31. The van der Waals surface area contributed by atoms with Crippen LogP contribution in [-0.4, -0.2) is 60.5 Å². The lowest BCUT2D eigenvalue weighted by Gasteiger charge is -2.28. The number of aryl methyl sites for hydroxylation is 2. The molecule has 0 saturated carbocycles. The highest BCUT2D eigenvalue weighted by Gasteiger charge is 2.15. The van der Waals surface area contributed by atoms with Crippen LogP contribution in [-0.2, 0) is 4.74 Å². The van der Waals surface area contributed by atoms with E-state index in [0.717, 1.165) is 37.1 Å². The summed E-state index contributed by atoms with van der Waals surface area (Å²) in [6, 6.07) is 0. The van der Waals surface area contributed by atoms with Gasteiger partial charge < -0.3 is 15.2 Å². The maximum atomic E-state index is 9.97. The third-order valence-corrected chi connectivity index (χ3v) is 4.12. The van der Waals surface area contributed by atoms with E-state index in [4.69, 9.17) is 4.74 Å². The number of aromatic nitrogens is 1.